The van der Waals surface area contributed by atoms with Gasteiger partial charge in [0.15, 0.2) is 5.78 Å². The lowest BCUT2D eigenvalue weighted by Crippen LogP contribution is -2.40. The van der Waals surface area contributed by atoms with Crippen LogP contribution in [0.3, 0.4) is 0 Å². The van der Waals surface area contributed by atoms with Crippen molar-refractivity contribution < 1.29 is 23.5 Å². The lowest BCUT2D eigenvalue weighted by Gasteiger charge is -2.36. The molecule has 1 aromatic heterocycles. The second-order valence-electron chi connectivity index (χ2n) is 8.08. The Balaban J connectivity index is 1.71. The van der Waals surface area contributed by atoms with Gasteiger partial charge < -0.3 is 14.2 Å². The van der Waals surface area contributed by atoms with Crippen LogP contribution in [0.5, 0.6) is 0 Å². The monoisotopic (exact) mass is 428 g/mol. The van der Waals surface area contributed by atoms with Gasteiger partial charge in [-0.25, -0.2) is 4.39 Å². The van der Waals surface area contributed by atoms with E-state index in [4.69, 9.17) is 4.74 Å². The van der Waals surface area contributed by atoms with Gasteiger partial charge >= 0.3 is 5.97 Å². The van der Waals surface area contributed by atoms with Gasteiger partial charge in [-0.15, -0.1) is 0 Å². The Morgan fingerprint density at radius 1 is 1.16 bits per heavy atom. The number of rotatable bonds is 7. The number of aryl methyl sites for hydroxylation is 1. The van der Waals surface area contributed by atoms with E-state index >= 15 is 0 Å². The Labute approximate surface area is 182 Å². The second kappa shape index (κ2) is 9.90. The van der Waals surface area contributed by atoms with Crippen molar-refractivity contribution in [2.24, 2.45) is 13.0 Å². The number of Topliss-reactive ketones (excluding diaryl/α,β-unsaturated/α-hetero) is 1. The number of carbonyl (C=O) groups excluding carboxylic acids is 3. The smallest absolute Gasteiger partial charge is 0.306 e. The minimum atomic E-state index is -0.313. The third-order valence-corrected chi connectivity index (χ3v) is 6.02. The number of amides is 1. The molecule has 31 heavy (non-hydrogen) atoms. The zero-order valence-corrected chi connectivity index (χ0v) is 18.3. The summed E-state index contributed by atoms with van der Waals surface area (Å²) in [6.07, 6.45) is 3.37. The van der Waals surface area contributed by atoms with E-state index in [0.29, 0.717) is 31.0 Å². The SMILES string of the molecule is CCOC(=O)C[C@H](c1ccc(F)cc1)C1CCN(C(=O)c2cc(C(C)=O)cn2C)CC1. The highest BCUT2D eigenvalue weighted by Gasteiger charge is 2.32. The number of piperidine rings is 1. The number of halogens is 1. The van der Waals surface area contributed by atoms with Crippen molar-refractivity contribution >= 4 is 17.7 Å². The number of benzene rings is 1. The maximum atomic E-state index is 13.4. The quantitative estimate of drug-likeness (QED) is 0.495. The van der Waals surface area contributed by atoms with Gasteiger partial charge in [0.1, 0.15) is 11.5 Å². The number of ketones is 1. The van der Waals surface area contributed by atoms with E-state index in [9.17, 15) is 18.8 Å². The van der Waals surface area contributed by atoms with Gasteiger partial charge in [-0.3, -0.25) is 14.4 Å². The molecule has 0 saturated carbocycles. The Morgan fingerprint density at radius 3 is 2.35 bits per heavy atom. The molecule has 0 N–H and O–H groups in total. The van der Waals surface area contributed by atoms with Gasteiger partial charge in [-0.2, -0.15) is 0 Å². The van der Waals surface area contributed by atoms with Crippen LogP contribution >= 0.6 is 0 Å². The van der Waals surface area contributed by atoms with Crippen LogP contribution in [0.2, 0.25) is 0 Å². The standard InChI is InChI=1S/C24H29FN2O4/c1-4-31-23(29)14-21(17-5-7-20(25)8-6-17)18-9-11-27(12-10-18)24(30)22-13-19(16(2)28)15-26(22)3/h5-8,13,15,18,21H,4,9-12,14H2,1-3H3/t21-/m1/s1. The fraction of sp³-hybridized carbons (Fsp3) is 0.458. The van der Waals surface area contributed by atoms with Gasteiger partial charge in [0.2, 0.25) is 0 Å². The number of likely N-dealkylation sites (tertiary alicyclic amines) is 1. The van der Waals surface area contributed by atoms with Crippen LogP contribution in [0.25, 0.3) is 0 Å². The van der Waals surface area contributed by atoms with E-state index in [2.05, 4.69) is 0 Å². The summed E-state index contributed by atoms with van der Waals surface area (Å²) in [5.41, 5.74) is 1.92. The summed E-state index contributed by atoms with van der Waals surface area (Å²) in [6, 6.07) is 7.91. The zero-order chi connectivity index (χ0) is 22.5. The first-order valence-electron chi connectivity index (χ1n) is 10.7. The maximum absolute atomic E-state index is 13.4. The maximum Gasteiger partial charge on any atom is 0.306 e. The van der Waals surface area contributed by atoms with Crippen molar-refractivity contribution in [2.75, 3.05) is 19.7 Å². The third-order valence-electron chi connectivity index (χ3n) is 6.02. The van der Waals surface area contributed by atoms with E-state index in [0.717, 1.165) is 18.4 Å². The molecule has 1 atom stereocenters. The number of esters is 1. The molecular formula is C24H29FN2O4. The zero-order valence-electron chi connectivity index (χ0n) is 18.3. The highest BCUT2D eigenvalue weighted by atomic mass is 19.1. The topological polar surface area (TPSA) is 68.6 Å². The number of nitrogens with zero attached hydrogens (tertiary/aromatic N) is 2. The van der Waals surface area contributed by atoms with Gasteiger partial charge in [0, 0.05) is 31.9 Å². The average molecular weight is 429 g/mol. The van der Waals surface area contributed by atoms with Gasteiger partial charge in [0.05, 0.1) is 13.0 Å². The van der Waals surface area contributed by atoms with Crippen LogP contribution in [0.4, 0.5) is 4.39 Å². The molecule has 2 heterocycles. The first kappa shape index (κ1) is 22.7. The van der Waals surface area contributed by atoms with Crippen LogP contribution in [0.15, 0.2) is 36.5 Å². The molecule has 1 aliphatic heterocycles. The highest BCUT2D eigenvalue weighted by molar-refractivity contribution is 5.99. The fourth-order valence-electron chi connectivity index (χ4n) is 4.30. The number of hydrogen-bond donors (Lipinski definition) is 0. The molecule has 0 spiro atoms. The summed E-state index contributed by atoms with van der Waals surface area (Å²) in [5.74, 6) is -0.662. The van der Waals surface area contributed by atoms with Crippen molar-refractivity contribution in [3.8, 4) is 0 Å². The lowest BCUT2D eigenvalue weighted by molar-refractivity contribution is -0.144. The predicted octanol–water partition coefficient (Wildman–Crippen LogP) is 3.96. The predicted molar refractivity (Wildman–Crippen MR) is 114 cm³/mol. The molecule has 1 amide bonds. The van der Waals surface area contributed by atoms with Crippen molar-refractivity contribution in [2.45, 2.75) is 39.0 Å². The van der Waals surface area contributed by atoms with E-state index in [1.807, 2.05) is 0 Å². The minimum Gasteiger partial charge on any atom is -0.466 e. The molecule has 0 unspecified atom stereocenters. The molecule has 1 saturated heterocycles. The molecule has 7 heteroatoms. The number of hydrogen-bond acceptors (Lipinski definition) is 4. The Hall–Kier alpha value is -2.96. The minimum absolute atomic E-state index is 0.0746. The highest BCUT2D eigenvalue weighted by Crippen LogP contribution is 2.36. The molecule has 3 rings (SSSR count). The van der Waals surface area contributed by atoms with Gasteiger partial charge in [0.25, 0.3) is 5.91 Å². The van der Waals surface area contributed by atoms with Gasteiger partial charge in [-0.05, 0) is 62.3 Å². The van der Waals surface area contributed by atoms with Crippen molar-refractivity contribution in [1.29, 1.82) is 0 Å². The average Bonchev–Trinajstić information content (AvgIpc) is 3.15. The molecule has 6 nitrogen and oxygen atoms in total. The molecule has 166 valence electrons. The largest absolute Gasteiger partial charge is 0.466 e. The van der Waals surface area contributed by atoms with E-state index in [1.54, 1.807) is 47.8 Å². The molecule has 2 aromatic rings. The molecule has 0 radical (unpaired) electrons. The van der Waals surface area contributed by atoms with Crippen molar-refractivity contribution in [1.82, 2.24) is 9.47 Å². The summed E-state index contributed by atoms with van der Waals surface area (Å²) >= 11 is 0. The molecule has 1 aliphatic rings. The molecular weight excluding hydrogens is 399 g/mol. The van der Waals surface area contributed by atoms with E-state index in [1.165, 1.54) is 19.1 Å². The summed E-state index contributed by atoms with van der Waals surface area (Å²) in [4.78, 5) is 38.6. The van der Waals surface area contributed by atoms with Crippen LogP contribution < -0.4 is 0 Å². The molecule has 0 aliphatic carbocycles. The number of carbonyl (C=O) groups is 3. The Kier molecular flexibility index (Phi) is 7.25. The van der Waals surface area contributed by atoms with Gasteiger partial charge in [-0.1, -0.05) is 12.1 Å². The Bertz CT molecular complexity index is 943. The van der Waals surface area contributed by atoms with Crippen molar-refractivity contribution in [3.63, 3.8) is 0 Å². The number of aromatic nitrogens is 1. The fourth-order valence-corrected chi connectivity index (χ4v) is 4.30. The summed E-state index contributed by atoms with van der Waals surface area (Å²) in [6.45, 7) is 4.69. The number of ether oxygens (including phenoxy) is 1. The first-order valence-corrected chi connectivity index (χ1v) is 10.7. The summed E-state index contributed by atoms with van der Waals surface area (Å²) < 4.78 is 20.2. The first-order chi connectivity index (χ1) is 14.8. The third kappa shape index (κ3) is 5.40. The molecule has 0 bridgehead atoms. The van der Waals surface area contributed by atoms with Crippen LogP contribution in [-0.2, 0) is 16.6 Å². The molecule has 1 aromatic carbocycles. The normalized spacial score (nSPS) is 15.5. The Morgan fingerprint density at radius 2 is 1.81 bits per heavy atom. The molecule has 1 fully saturated rings. The summed E-state index contributed by atoms with van der Waals surface area (Å²) in [7, 11) is 1.76. The van der Waals surface area contributed by atoms with Crippen LogP contribution in [0, 0.1) is 11.7 Å². The lowest BCUT2D eigenvalue weighted by atomic mass is 9.78. The second-order valence-corrected chi connectivity index (χ2v) is 8.08. The van der Waals surface area contributed by atoms with E-state index < -0.39 is 0 Å². The van der Waals surface area contributed by atoms with E-state index in [-0.39, 0.29) is 41.7 Å². The van der Waals surface area contributed by atoms with Crippen molar-refractivity contribution in [3.05, 3.63) is 59.2 Å². The van der Waals surface area contributed by atoms with Crippen LogP contribution in [-0.4, -0.2) is 46.8 Å². The van der Waals surface area contributed by atoms with Crippen LogP contribution in [0.1, 0.15) is 65.4 Å². The summed E-state index contributed by atoms with van der Waals surface area (Å²) in [5, 5.41) is 0.